The zero-order valence-electron chi connectivity index (χ0n) is 35.2. The van der Waals surface area contributed by atoms with E-state index in [1.807, 2.05) is 0 Å². The highest BCUT2D eigenvalue weighted by atomic mass is 16.3. The minimum Gasteiger partial charge on any atom is -0.455 e. The molecule has 11 aromatic rings. The molecule has 0 spiro atoms. The van der Waals surface area contributed by atoms with Crippen LogP contribution in [0.25, 0.3) is 88.3 Å². The predicted octanol–water partition coefficient (Wildman–Crippen LogP) is 17.2. The van der Waals surface area contributed by atoms with Crippen LogP contribution in [0.5, 0.6) is 0 Å². The molecule has 0 saturated carbocycles. The molecule has 298 valence electrons. The van der Waals surface area contributed by atoms with Crippen LogP contribution in [0.1, 0.15) is 25.0 Å². The molecule has 1 aromatic heterocycles. The summed E-state index contributed by atoms with van der Waals surface area (Å²) < 4.78 is 6.97. The zero-order chi connectivity index (χ0) is 42.1. The highest BCUT2D eigenvalue weighted by Crippen LogP contribution is 2.51. The van der Waals surface area contributed by atoms with Gasteiger partial charge in [0, 0.05) is 38.6 Å². The van der Waals surface area contributed by atoms with Gasteiger partial charge in [-0.3, -0.25) is 0 Å². The summed E-state index contributed by atoms with van der Waals surface area (Å²) in [6.07, 6.45) is 0. The fraction of sp³-hybridized carbons (Fsp3) is 0.0492. The molecular formula is C61H43NO. The predicted molar refractivity (Wildman–Crippen MR) is 265 cm³/mol. The average Bonchev–Trinajstić information content (AvgIpc) is 3.84. The van der Waals surface area contributed by atoms with Gasteiger partial charge in [0.25, 0.3) is 0 Å². The second-order valence-corrected chi connectivity index (χ2v) is 17.3. The van der Waals surface area contributed by atoms with Gasteiger partial charge in [-0.15, -0.1) is 0 Å². The maximum atomic E-state index is 6.97. The third-order valence-electron chi connectivity index (χ3n) is 13.3. The van der Waals surface area contributed by atoms with Gasteiger partial charge < -0.3 is 9.32 Å². The summed E-state index contributed by atoms with van der Waals surface area (Å²) in [7, 11) is 0. The fourth-order valence-electron chi connectivity index (χ4n) is 10.1. The van der Waals surface area contributed by atoms with E-state index in [2.05, 4.69) is 243 Å². The molecule has 0 atom stereocenters. The molecule has 1 aliphatic rings. The Morgan fingerprint density at radius 3 is 1.52 bits per heavy atom. The highest BCUT2D eigenvalue weighted by Gasteiger charge is 2.35. The molecule has 10 aromatic carbocycles. The van der Waals surface area contributed by atoms with Crippen molar-refractivity contribution in [3.63, 3.8) is 0 Å². The maximum absolute atomic E-state index is 6.97. The fourth-order valence-corrected chi connectivity index (χ4v) is 10.1. The summed E-state index contributed by atoms with van der Waals surface area (Å²) in [5.41, 5.74) is 19.7. The minimum atomic E-state index is -0.122. The van der Waals surface area contributed by atoms with E-state index in [1.54, 1.807) is 0 Å². The Morgan fingerprint density at radius 1 is 0.333 bits per heavy atom. The molecule has 12 rings (SSSR count). The standard InChI is InChI=1S/C61H43NO/c1-61(2)56-25-15-14-23-50(56)51-35-34-48(38-57(51)61)62(46-30-26-42(27-31-46)40-16-6-3-7-17-40)47-32-28-44(29-33-47)54-36-45(41-18-8-4-9-19-41)37-58-59(54)55-39-53(43-20-10-5-11-21-43)49-22-12-13-24-52(49)60(55)63-58/h3-39H,1-2H3. The topological polar surface area (TPSA) is 16.4 Å². The van der Waals surface area contributed by atoms with E-state index in [0.717, 1.165) is 66.6 Å². The molecule has 1 aliphatic carbocycles. The molecule has 1 heterocycles. The molecule has 63 heavy (non-hydrogen) atoms. The van der Waals surface area contributed by atoms with Crippen LogP contribution in [0.3, 0.4) is 0 Å². The molecule has 2 heteroatoms. The summed E-state index contributed by atoms with van der Waals surface area (Å²) in [4.78, 5) is 2.40. The number of hydrogen-bond acceptors (Lipinski definition) is 2. The van der Waals surface area contributed by atoms with Gasteiger partial charge in [-0.1, -0.05) is 184 Å². The Morgan fingerprint density at radius 2 is 0.841 bits per heavy atom. The van der Waals surface area contributed by atoms with Gasteiger partial charge in [-0.25, -0.2) is 0 Å². The van der Waals surface area contributed by atoms with Crippen molar-refractivity contribution in [3.05, 3.63) is 236 Å². The van der Waals surface area contributed by atoms with Crippen molar-refractivity contribution in [1.82, 2.24) is 0 Å². The van der Waals surface area contributed by atoms with Crippen LogP contribution in [0.15, 0.2) is 229 Å². The SMILES string of the molecule is CC1(C)c2ccccc2-c2ccc(N(c3ccc(-c4ccccc4)cc3)c3ccc(-c4cc(-c5ccccc5)cc5oc6c7ccccc7c(-c7ccccc7)cc6c45)cc3)cc21. The highest BCUT2D eigenvalue weighted by molar-refractivity contribution is 6.22. The lowest BCUT2D eigenvalue weighted by molar-refractivity contribution is 0.660. The van der Waals surface area contributed by atoms with Crippen LogP contribution in [-0.4, -0.2) is 0 Å². The van der Waals surface area contributed by atoms with Crippen LogP contribution >= 0.6 is 0 Å². The molecule has 0 radical (unpaired) electrons. The van der Waals surface area contributed by atoms with Gasteiger partial charge in [0.15, 0.2) is 0 Å². The molecule has 0 amide bonds. The first kappa shape index (κ1) is 36.9. The summed E-state index contributed by atoms with van der Waals surface area (Å²) in [6.45, 7) is 4.70. The number of hydrogen-bond donors (Lipinski definition) is 0. The molecule has 0 N–H and O–H groups in total. The first-order chi connectivity index (χ1) is 31.0. The summed E-state index contributed by atoms with van der Waals surface area (Å²) in [6, 6.07) is 81.5. The molecule has 2 nitrogen and oxygen atoms in total. The first-order valence-electron chi connectivity index (χ1n) is 21.8. The lowest BCUT2D eigenvalue weighted by atomic mass is 9.82. The first-order valence-corrected chi connectivity index (χ1v) is 21.8. The van der Waals surface area contributed by atoms with Crippen LogP contribution in [0.4, 0.5) is 17.1 Å². The summed E-state index contributed by atoms with van der Waals surface area (Å²) >= 11 is 0. The Kier molecular flexibility index (Phi) is 8.55. The number of rotatable bonds is 7. The van der Waals surface area contributed by atoms with Gasteiger partial charge in [-0.05, 0) is 127 Å². The van der Waals surface area contributed by atoms with E-state index >= 15 is 0 Å². The third kappa shape index (κ3) is 6.09. The van der Waals surface area contributed by atoms with E-state index in [0.29, 0.717) is 0 Å². The van der Waals surface area contributed by atoms with Crippen LogP contribution in [-0.2, 0) is 5.41 Å². The molecule has 0 saturated heterocycles. The van der Waals surface area contributed by atoms with Crippen molar-refractivity contribution in [2.45, 2.75) is 19.3 Å². The smallest absolute Gasteiger partial charge is 0.143 e. The zero-order valence-corrected chi connectivity index (χ0v) is 35.2. The van der Waals surface area contributed by atoms with Crippen LogP contribution in [0, 0.1) is 0 Å². The van der Waals surface area contributed by atoms with Crippen molar-refractivity contribution >= 4 is 49.8 Å². The molecule has 0 unspecified atom stereocenters. The number of furan rings is 1. The molecule has 0 aliphatic heterocycles. The number of nitrogens with zero attached hydrogens (tertiary/aromatic N) is 1. The Balaban J connectivity index is 1.04. The minimum absolute atomic E-state index is 0.122. The normalized spacial score (nSPS) is 12.7. The van der Waals surface area contributed by atoms with Crippen molar-refractivity contribution < 1.29 is 4.42 Å². The van der Waals surface area contributed by atoms with Gasteiger partial charge >= 0.3 is 0 Å². The van der Waals surface area contributed by atoms with Crippen molar-refractivity contribution in [2.75, 3.05) is 4.90 Å². The van der Waals surface area contributed by atoms with E-state index in [9.17, 15) is 0 Å². The van der Waals surface area contributed by atoms with Crippen molar-refractivity contribution in [2.24, 2.45) is 0 Å². The van der Waals surface area contributed by atoms with Gasteiger partial charge in [0.2, 0.25) is 0 Å². The Hall–Kier alpha value is -7.94. The Bertz CT molecular complexity index is 3490. The van der Waals surface area contributed by atoms with E-state index in [-0.39, 0.29) is 5.41 Å². The number of fused-ring (bicyclic) bond motifs is 8. The maximum Gasteiger partial charge on any atom is 0.143 e. The van der Waals surface area contributed by atoms with Crippen molar-refractivity contribution in [1.29, 1.82) is 0 Å². The molecular weight excluding hydrogens is 763 g/mol. The van der Waals surface area contributed by atoms with Crippen LogP contribution < -0.4 is 4.90 Å². The van der Waals surface area contributed by atoms with E-state index < -0.39 is 0 Å². The lowest BCUT2D eigenvalue weighted by Crippen LogP contribution is -2.16. The Labute approximate surface area is 368 Å². The van der Waals surface area contributed by atoms with E-state index in [1.165, 1.54) is 49.9 Å². The van der Waals surface area contributed by atoms with Crippen LogP contribution in [0.2, 0.25) is 0 Å². The van der Waals surface area contributed by atoms with E-state index in [4.69, 9.17) is 4.42 Å². The third-order valence-corrected chi connectivity index (χ3v) is 13.3. The second kappa shape index (κ2) is 14.6. The van der Waals surface area contributed by atoms with Gasteiger partial charge in [0.05, 0.1) is 0 Å². The van der Waals surface area contributed by atoms with Gasteiger partial charge in [0.1, 0.15) is 11.2 Å². The lowest BCUT2D eigenvalue weighted by Gasteiger charge is -2.28. The molecule has 0 bridgehead atoms. The quantitative estimate of drug-likeness (QED) is 0.160. The largest absolute Gasteiger partial charge is 0.455 e. The summed E-state index contributed by atoms with van der Waals surface area (Å²) in [5.74, 6) is 0. The average molecular weight is 806 g/mol. The van der Waals surface area contributed by atoms with Crippen molar-refractivity contribution in [3.8, 4) is 55.6 Å². The molecule has 0 fully saturated rings. The monoisotopic (exact) mass is 805 g/mol. The number of benzene rings is 10. The summed E-state index contributed by atoms with van der Waals surface area (Å²) in [5, 5.41) is 4.53. The van der Waals surface area contributed by atoms with Gasteiger partial charge in [-0.2, -0.15) is 0 Å². The second-order valence-electron chi connectivity index (χ2n) is 17.3. The number of anilines is 3.